The van der Waals surface area contributed by atoms with Gasteiger partial charge < -0.3 is 24.8 Å². The van der Waals surface area contributed by atoms with Crippen LogP contribution in [0.5, 0.6) is 0 Å². The van der Waals surface area contributed by atoms with Gasteiger partial charge in [-0.25, -0.2) is 0 Å². The summed E-state index contributed by atoms with van der Waals surface area (Å²) in [5.74, 6) is 0.724. The Kier molecular flexibility index (Phi) is 11.0. The van der Waals surface area contributed by atoms with Crippen molar-refractivity contribution in [2.75, 3.05) is 0 Å². The number of carbonyl (C=O) groups is 1. The van der Waals surface area contributed by atoms with Crippen LogP contribution in [-0.4, -0.2) is 14.7 Å². The summed E-state index contributed by atoms with van der Waals surface area (Å²) in [7, 11) is -0.933. The first-order valence-electron chi connectivity index (χ1n) is 9.72. The van der Waals surface area contributed by atoms with Gasteiger partial charge in [0.25, 0.3) is 0 Å². The Hall–Kier alpha value is 0.461. The molecule has 2 aliphatic carbocycles. The van der Waals surface area contributed by atoms with Crippen molar-refractivity contribution in [1.29, 1.82) is 0 Å². The number of allylic oxidation sites excluding steroid dienone is 3. The van der Waals surface area contributed by atoms with Crippen molar-refractivity contribution in [1.82, 2.24) is 3.80 Å². The molecule has 1 saturated carbocycles. The van der Waals surface area contributed by atoms with Gasteiger partial charge in [0.15, 0.2) is 0 Å². The fourth-order valence-corrected chi connectivity index (χ4v) is 9.70. The average Bonchev–Trinajstić information content (AvgIpc) is 2.79. The Morgan fingerprint density at radius 3 is 2.15 bits per heavy atom. The summed E-state index contributed by atoms with van der Waals surface area (Å²) in [6.45, 7) is 13.8. The van der Waals surface area contributed by atoms with E-state index in [0.29, 0.717) is 17.4 Å². The molecule has 0 spiro atoms. The molecule has 3 unspecified atom stereocenters. The summed E-state index contributed by atoms with van der Waals surface area (Å²) in [6, 6.07) is 2.62. The van der Waals surface area contributed by atoms with Crippen LogP contribution in [0.4, 0.5) is 0 Å². The Bertz CT molecular complexity index is 574. The molecule has 0 bridgehead atoms. The SMILES string of the molecule is CC[SiH](CC)C1CCCCC1(C(=O)[NH][Ti+2])C1=C(C)C(C)=C(C)C1C.[Cl-].[Cl-]. The zero-order valence-electron chi connectivity index (χ0n) is 17.1. The summed E-state index contributed by atoms with van der Waals surface area (Å²) >= 11 is 1.84. The van der Waals surface area contributed by atoms with Crippen molar-refractivity contribution in [3.8, 4) is 0 Å². The van der Waals surface area contributed by atoms with Crippen LogP contribution in [0.2, 0.25) is 17.6 Å². The second kappa shape index (κ2) is 10.9. The Morgan fingerprint density at radius 2 is 1.73 bits per heavy atom. The monoisotopic (exact) mass is 450 g/mol. The van der Waals surface area contributed by atoms with Crippen LogP contribution in [0.3, 0.4) is 0 Å². The molecule has 0 heterocycles. The van der Waals surface area contributed by atoms with Gasteiger partial charge in [-0.3, -0.25) is 0 Å². The first-order chi connectivity index (χ1) is 11.4. The van der Waals surface area contributed by atoms with E-state index in [-0.39, 0.29) is 30.2 Å². The predicted octanol–water partition coefficient (Wildman–Crippen LogP) is -0.927. The van der Waals surface area contributed by atoms with E-state index >= 15 is 0 Å². The van der Waals surface area contributed by atoms with Crippen LogP contribution in [0.1, 0.15) is 67.2 Å². The summed E-state index contributed by atoms with van der Waals surface area (Å²) < 4.78 is 3.09. The van der Waals surface area contributed by atoms with Gasteiger partial charge in [0.1, 0.15) is 0 Å². The standard InChI is InChI=1S/C20H35NOSi.2ClH.Ti/c1-7-23(8-2)17-11-9-10-12-20(17,19(21)22)18-15(5)13(3)14(4)16(18)6;;;/h15,17,23H,7-12H2,1-6H3,(H2,21,22);2*1H;/q;;;+3/p-3. The summed E-state index contributed by atoms with van der Waals surface area (Å²) in [4.78, 5) is 13.4. The van der Waals surface area contributed by atoms with Crippen LogP contribution < -0.4 is 28.6 Å². The molecule has 1 fully saturated rings. The molecule has 0 saturated heterocycles. The molecule has 0 aromatic carbocycles. The fourth-order valence-electron chi connectivity index (χ4n) is 5.63. The fraction of sp³-hybridized carbons (Fsp3) is 0.750. The molecular weight excluding hydrogens is 417 g/mol. The molecule has 2 nitrogen and oxygen atoms in total. The van der Waals surface area contributed by atoms with Gasteiger partial charge in [0, 0.05) is 0 Å². The first kappa shape index (κ1) is 26.5. The minimum Gasteiger partial charge on any atom is -1.00 e. The maximum atomic E-state index is 13.4. The number of halogens is 2. The van der Waals surface area contributed by atoms with Crippen molar-refractivity contribution in [3.63, 3.8) is 0 Å². The molecule has 2 rings (SSSR count). The molecule has 0 radical (unpaired) electrons. The third-order valence-electron chi connectivity index (χ3n) is 7.23. The number of carbonyl (C=O) groups excluding carboxylic acids is 1. The number of amides is 1. The summed E-state index contributed by atoms with van der Waals surface area (Å²) in [5.41, 5.74) is 6.17. The van der Waals surface area contributed by atoms with E-state index < -0.39 is 8.80 Å². The largest absolute Gasteiger partial charge is 1.00 e. The van der Waals surface area contributed by atoms with Gasteiger partial charge in [-0.2, -0.15) is 0 Å². The van der Waals surface area contributed by atoms with E-state index in [1.807, 2.05) is 20.7 Å². The smallest absolute Gasteiger partial charge is 1.00 e. The van der Waals surface area contributed by atoms with Crippen LogP contribution in [-0.2, 0) is 25.5 Å². The first-order valence-corrected chi connectivity index (χ1v) is 12.8. The van der Waals surface area contributed by atoms with Crippen LogP contribution in [0.25, 0.3) is 0 Å². The molecule has 3 atom stereocenters. The Balaban J connectivity index is 0.00000312. The maximum Gasteiger partial charge on any atom is -1.00 e. The zero-order valence-corrected chi connectivity index (χ0v) is 21.4. The third-order valence-corrected chi connectivity index (χ3v) is 11.7. The van der Waals surface area contributed by atoms with Crippen LogP contribution in [0, 0.1) is 11.3 Å². The molecule has 2 aliphatic rings. The van der Waals surface area contributed by atoms with Gasteiger partial charge in [-0.05, 0) is 0 Å². The molecule has 0 aromatic heterocycles. The van der Waals surface area contributed by atoms with E-state index in [1.165, 1.54) is 53.6 Å². The summed E-state index contributed by atoms with van der Waals surface area (Å²) in [6.07, 6.45) is 4.81. The summed E-state index contributed by atoms with van der Waals surface area (Å²) in [5, 5.41) is 0. The minimum absolute atomic E-state index is 0. The normalized spacial score (nSPS) is 28.8. The van der Waals surface area contributed by atoms with Gasteiger partial charge in [-0.15, -0.1) is 0 Å². The molecule has 6 heteroatoms. The quantitative estimate of drug-likeness (QED) is 0.539. The molecular formula is C20H34Cl2NOSiTi. The Labute approximate surface area is 186 Å². The van der Waals surface area contributed by atoms with Crippen LogP contribution in [0.15, 0.2) is 22.3 Å². The Morgan fingerprint density at radius 1 is 1.15 bits per heavy atom. The van der Waals surface area contributed by atoms with Gasteiger partial charge in [0.2, 0.25) is 0 Å². The average molecular weight is 451 g/mol. The topological polar surface area (TPSA) is 29.1 Å². The van der Waals surface area contributed by atoms with Gasteiger partial charge in [0.05, 0.1) is 0 Å². The second-order valence-corrected chi connectivity index (χ2v) is 12.3. The minimum atomic E-state index is -0.933. The van der Waals surface area contributed by atoms with Crippen molar-refractivity contribution in [2.45, 2.75) is 84.9 Å². The second-order valence-electron chi connectivity index (χ2n) is 7.92. The van der Waals surface area contributed by atoms with Gasteiger partial charge in [-0.1, -0.05) is 0 Å². The number of hydrogen-bond donors (Lipinski definition) is 1. The predicted molar refractivity (Wildman–Crippen MR) is 101 cm³/mol. The van der Waals surface area contributed by atoms with Crippen LogP contribution >= 0.6 is 0 Å². The number of nitrogens with one attached hydrogen (secondary N) is 1. The van der Waals surface area contributed by atoms with Crippen molar-refractivity contribution >= 4 is 14.7 Å². The third kappa shape index (κ3) is 4.22. The van der Waals surface area contributed by atoms with E-state index in [9.17, 15) is 4.79 Å². The van der Waals surface area contributed by atoms with Gasteiger partial charge >= 0.3 is 162 Å². The molecule has 1 N–H and O–H groups in total. The van der Waals surface area contributed by atoms with E-state index in [0.717, 1.165) is 6.42 Å². The van der Waals surface area contributed by atoms with Crippen molar-refractivity contribution < 1.29 is 50.3 Å². The van der Waals surface area contributed by atoms with Crippen molar-refractivity contribution in [2.24, 2.45) is 11.3 Å². The number of hydrogen-bond acceptors (Lipinski definition) is 1. The van der Waals surface area contributed by atoms with Crippen molar-refractivity contribution in [3.05, 3.63) is 22.3 Å². The molecule has 0 aromatic rings. The van der Waals surface area contributed by atoms with E-state index in [4.69, 9.17) is 0 Å². The molecule has 147 valence electrons. The maximum absolute atomic E-state index is 13.4. The van der Waals surface area contributed by atoms with E-state index in [2.05, 4.69) is 45.3 Å². The molecule has 26 heavy (non-hydrogen) atoms. The zero-order chi connectivity index (χ0) is 18.1. The van der Waals surface area contributed by atoms with E-state index in [1.54, 1.807) is 0 Å². The number of rotatable bonds is 5. The molecule has 0 aliphatic heterocycles. The molecule has 1 amide bonds.